The van der Waals surface area contributed by atoms with E-state index in [0.717, 1.165) is 12.1 Å². The molecule has 3 aromatic carbocycles. The monoisotopic (exact) mass is 506 g/mol. The highest BCUT2D eigenvalue weighted by Crippen LogP contribution is 2.36. The third-order valence-electron chi connectivity index (χ3n) is 4.48. The zero-order valence-corrected chi connectivity index (χ0v) is 19.4. The van der Waals surface area contributed by atoms with Gasteiger partial charge in [-0.05, 0) is 30.3 Å². The smallest absolute Gasteiger partial charge is 0.270 e. The molecule has 34 heavy (non-hydrogen) atoms. The molecule has 0 aliphatic carbocycles. The maximum absolute atomic E-state index is 13.0. The van der Waals surface area contributed by atoms with Crippen LogP contribution in [0.5, 0.6) is 17.2 Å². The summed E-state index contributed by atoms with van der Waals surface area (Å²) in [5, 5.41) is 25.4. The molecule has 0 spiro atoms. The fourth-order valence-electron chi connectivity index (χ4n) is 2.85. The molecule has 0 heterocycles. The Morgan fingerprint density at radius 1 is 1.06 bits per heavy atom. The average molecular weight is 507 g/mol. The predicted octanol–water partition coefficient (Wildman–Crippen LogP) is 4.22. The summed E-state index contributed by atoms with van der Waals surface area (Å²) in [6.45, 7) is 0. The van der Waals surface area contributed by atoms with Crippen LogP contribution in [0.15, 0.2) is 64.6 Å². The van der Waals surface area contributed by atoms with Crippen molar-refractivity contribution < 1.29 is 27.9 Å². The number of sulfonamides is 1. The summed E-state index contributed by atoms with van der Waals surface area (Å²) < 4.78 is 38.6. The molecule has 0 aromatic heterocycles. The van der Waals surface area contributed by atoms with Gasteiger partial charge in [-0.3, -0.25) is 20.3 Å². The summed E-state index contributed by atoms with van der Waals surface area (Å²) in [6, 6.07) is 12.4. The van der Waals surface area contributed by atoms with Crippen LogP contribution < -0.4 is 19.6 Å². The molecule has 3 aromatic rings. The third-order valence-corrected chi connectivity index (χ3v) is 6.22. The van der Waals surface area contributed by atoms with Crippen LogP contribution >= 0.6 is 11.6 Å². The Labute approximate surface area is 199 Å². The molecule has 0 amide bonds. The molecule has 0 aliphatic rings. The molecule has 0 radical (unpaired) electrons. The largest absolute Gasteiger partial charge is 0.502 e. The minimum atomic E-state index is -4.29. The number of phenols is 1. The van der Waals surface area contributed by atoms with E-state index >= 15 is 0 Å². The molecule has 0 aliphatic heterocycles. The zero-order chi connectivity index (χ0) is 24.9. The van der Waals surface area contributed by atoms with Gasteiger partial charge in [0.25, 0.3) is 15.7 Å². The Hall–Kier alpha value is -4.03. The van der Waals surface area contributed by atoms with Gasteiger partial charge in [-0.2, -0.15) is 5.10 Å². The Balaban J connectivity index is 1.96. The molecule has 0 atom stereocenters. The molecular formula is C21H19ClN4O7S. The maximum atomic E-state index is 13.0. The lowest BCUT2D eigenvalue weighted by molar-refractivity contribution is -0.385. The van der Waals surface area contributed by atoms with Gasteiger partial charge in [0.15, 0.2) is 11.5 Å². The van der Waals surface area contributed by atoms with Gasteiger partial charge in [0.2, 0.25) is 5.75 Å². The Morgan fingerprint density at radius 2 is 1.71 bits per heavy atom. The summed E-state index contributed by atoms with van der Waals surface area (Å²) in [5.74, 6) is 0.0937. The number of methoxy groups -OCH3 is 2. The first-order valence-corrected chi connectivity index (χ1v) is 11.3. The summed E-state index contributed by atoms with van der Waals surface area (Å²) in [6.07, 6.45) is 1.32. The van der Waals surface area contributed by atoms with Gasteiger partial charge in [0.05, 0.1) is 41.8 Å². The summed E-state index contributed by atoms with van der Waals surface area (Å²) >= 11 is 6.04. The van der Waals surface area contributed by atoms with Gasteiger partial charge >= 0.3 is 0 Å². The standard InChI is InChI=1S/C21H19ClN4O7S/c1-32-18-9-13(10-19(33-2)21(18)27)12-23-24-17-8-7-14(26(28)29)11-20(17)34(30,31)25-16-6-4-3-5-15(16)22/h3-12,24-25,27H,1-2H3. The number of nitrogens with one attached hydrogen (secondary N) is 2. The van der Waals surface area contributed by atoms with Gasteiger partial charge in [0.1, 0.15) is 4.90 Å². The van der Waals surface area contributed by atoms with Crippen LogP contribution in [0.25, 0.3) is 0 Å². The second kappa shape index (κ2) is 10.3. The number of aromatic hydroxyl groups is 1. The average Bonchev–Trinajstić information content (AvgIpc) is 2.81. The molecule has 0 bridgehead atoms. The molecule has 178 valence electrons. The van der Waals surface area contributed by atoms with E-state index in [2.05, 4.69) is 15.2 Å². The van der Waals surface area contributed by atoms with Crippen molar-refractivity contribution in [3.05, 3.63) is 75.3 Å². The number of hydrazone groups is 1. The number of hydrogen-bond acceptors (Lipinski definition) is 9. The summed E-state index contributed by atoms with van der Waals surface area (Å²) in [4.78, 5) is 10.1. The van der Waals surface area contributed by atoms with E-state index in [4.69, 9.17) is 21.1 Å². The molecule has 0 saturated heterocycles. The lowest BCUT2D eigenvalue weighted by Gasteiger charge is -2.13. The number of ether oxygens (including phenoxy) is 2. The van der Waals surface area contributed by atoms with Crippen LogP contribution in [0.1, 0.15) is 5.56 Å². The van der Waals surface area contributed by atoms with Gasteiger partial charge < -0.3 is 14.6 Å². The number of nitro benzene ring substituents is 1. The highest BCUT2D eigenvalue weighted by Gasteiger charge is 2.23. The van der Waals surface area contributed by atoms with E-state index in [1.165, 1.54) is 50.8 Å². The number of hydrogen-bond donors (Lipinski definition) is 3. The highest BCUT2D eigenvalue weighted by molar-refractivity contribution is 7.93. The number of nitro groups is 1. The van der Waals surface area contributed by atoms with Gasteiger partial charge in [-0.25, -0.2) is 8.42 Å². The quantitative estimate of drug-likeness (QED) is 0.221. The van der Waals surface area contributed by atoms with Crippen molar-refractivity contribution in [1.29, 1.82) is 0 Å². The fraction of sp³-hybridized carbons (Fsp3) is 0.0952. The van der Waals surface area contributed by atoms with E-state index in [-0.39, 0.29) is 33.6 Å². The van der Waals surface area contributed by atoms with Gasteiger partial charge in [0, 0.05) is 17.7 Å². The van der Waals surface area contributed by atoms with Crippen molar-refractivity contribution in [1.82, 2.24) is 0 Å². The van der Waals surface area contributed by atoms with E-state index < -0.39 is 25.5 Å². The van der Waals surface area contributed by atoms with Crippen molar-refractivity contribution in [2.75, 3.05) is 24.4 Å². The number of phenolic OH excluding ortho intramolecular Hbond substituents is 1. The summed E-state index contributed by atoms with van der Waals surface area (Å²) in [7, 11) is -1.56. The molecule has 3 N–H and O–H groups in total. The van der Waals surface area contributed by atoms with E-state index in [9.17, 15) is 23.6 Å². The van der Waals surface area contributed by atoms with Crippen LogP contribution in [0, 0.1) is 10.1 Å². The molecule has 0 unspecified atom stereocenters. The molecular weight excluding hydrogens is 488 g/mol. The minimum Gasteiger partial charge on any atom is -0.502 e. The molecule has 0 saturated carbocycles. The van der Waals surface area contributed by atoms with Crippen LogP contribution in [0.2, 0.25) is 5.02 Å². The molecule has 3 rings (SSSR count). The van der Waals surface area contributed by atoms with Crippen LogP contribution in [-0.2, 0) is 10.0 Å². The van der Waals surface area contributed by atoms with E-state index in [1.807, 2.05) is 0 Å². The normalized spacial score (nSPS) is 11.3. The second-order valence-electron chi connectivity index (χ2n) is 6.67. The van der Waals surface area contributed by atoms with Crippen LogP contribution in [0.4, 0.5) is 17.1 Å². The Kier molecular flexibility index (Phi) is 7.44. The number of halogens is 1. The minimum absolute atomic E-state index is 0.0286. The summed E-state index contributed by atoms with van der Waals surface area (Å²) in [5.41, 5.74) is 2.68. The first-order valence-electron chi connectivity index (χ1n) is 9.46. The maximum Gasteiger partial charge on any atom is 0.270 e. The first-order chi connectivity index (χ1) is 16.2. The number of non-ortho nitro benzene ring substituents is 1. The Morgan fingerprint density at radius 3 is 2.29 bits per heavy atom. The number of benzene rings is 3. The van der Waals surface area contributed by atoms with Gasteiger partial charge in [-0.1, -0.05) is 23.7 Å². The SMILES string of the molecule is COc1cc(C=NNc2ccc([N+](=O)[O-])cc2S(=O)(=O)Nc2ccccc2Cl)cc(OC)c1O. The van der Waals surface area contributed by atoms with Crippen molar-refractivity contribution in [2.45, 2.75) is 4.90 Å². The number of nitrogens with zero attached hydrogens (tertiary/aromatic N) is 2. The predicted molar refractivity (Wildman–Crippen MR) is 128 cm³/mol. The number of rotatable bonds is 9. The fourth-order valence-corrected chi connectivity index (χ4v) is 4.34. The number of para-hydroxylation sites is 1. The van der Waals surface area contributed by atoms with Crippen molar-refractivity contribution in [3.8, 4) is 17.2 Å². The molecule has 0 fully saturated rings. The lowest BCUT2D eigenvalue weighted by atomic mass is 10.2. The van der Waals surface area contributed by atoms with E-state index in [0.29, 0.717) is 5.56 Å². The third kappa shape index (κ3) is 5.47. The first kappa shape index (κ1) is 24.6. The Bertz CT molecular complexity index is 1340. The topological polar surface area (TPSA) is 152 Å². The number of anilines is 2. The van der Waals surface area contributed by atoms with Crippen molar-refractivity contribution in [3.63, 3.8) is 0 Å². The van der Waals surface area contributed by atoms with Gasteiger partial charge in [-0.15, -0.1) is 0 Å². The van der Waals surface area contributed by atoms with Crippen molar-refractivity contribution in [2.24, 2.45) is 5.10 Å². The molecule has 13 heteroatoms. The molecule has 11 nitrogen and oxygen atoms in total. The van der Waals surface area contributed by atoms with E-state index in [1.54, 1.807) is 12.1 Å². The second-order valence-corrected chi connectivity index (χ2v) is 8.72. The highest BCUT2D eigenvalue weighted by atomic mass is 35.5. The van der Waals surface area contributed by atoms with Crippen LogP contribution in [-0.4, -0.2) is 38.9 Å². The lowest BCUT2D eigenvalue weighted by Crippen LogP contribution is -2.15. The zero-order valence-electron chi connectivity index (χ0n) is 17.9. The van der Waals surface area contributed by atoms with Crippen LogP contribution in [0.3, 0.4) is 0 Å². The van der Waals surface area contributed by atoms with Crippen molar-refractivity contribution >= 4 is 44.9 Å².